The molecule has 2 aliphatic carbocycles. The Morgan fingerprint density at radius 3 is 2.72 bits per heavy atom. The number of fused-ring (bicyclic) bond motifs is 4. The molecule has 7 rings (SSSR count). The second-order valence-electron chi connectivity index (χ2n) is 11.3. The van der Waals surface area contributed by atoms with Gasteiger partial charge in [0.15, 0.2) is 5.82 Å². The topological polar surface area (TPSA) is 137 Å². The number of hydrogen-bond acceptors (Lipinski definition) is 8. The smallest absolute Gasteiger partial charge is 0.407 e. The Balaban J connectivity index is 0.000000258. The monoisotopic (exact) mass is 558 g/mol. The first-order chi connectivity index (χ1) is 18.6. The summed E-state index contributed by atoms with van der Waals surface area (Å²) in [7, 11) is 1.34. The van der Waals surface area contributed by atoms with Gasteiger partial charge in [0.2, 0.25) is 5.95 Å². The first-order valence-corrected chi connectivity index (χ1v) is 13.7. The first-order valence-electron chi connectivity index (χ1n) is 13.3. The molecule has 10 nitrogen and oxygen atoms in total. The molecule has 2 aromatic heterocycles. The Bertz CT molecular complexity index is 1460. The number of anilines is 1. The third-order valence-electron chi connectivity index (χ3n) is 8.48. The third kappa shape index (κ3) is 4.31. The molecule has 2 saturated carbocycles. The van der Waals surface area contributed by atoms with E-state index >= 15 is 4.39 Å². The number of halogens is 2. The number of methoxy groups -OCH3 is 1. The Morgan fingerprint density at radius 2 is 2.03 bits per heavy atom. The largest absolute Gasteiger partial charge is 0.453 e. The van der Waals surface area contributed by atoms with Crippen LogP contribution in [0.25, 0.3) is 22.3 Å². The summed E-state index contributed by atoms with van der Waals surface area (Å²) >= 11 is 6.23. The summed E-state index contributed by atoms with van der Waals surface area (Å²) < 4.78 is 27.3. The van der Waals surface area contributed by atoms with Gasteiger partial charge < -0.3 is 30.2 Å². The number of alkyl carbamates (subject to hydrolysis) is 1. The molecule has 4 fully saturated rings. The zero-order valence-corrected chi connectivity index (χ0v) is 22.8. The van der Waals surface area contributed by atoms with Gasteiger partial charge in [-0.2, -0.15) is 0 Å². The predicted octanol–water partition coefficient (Wildman–Crippen LogP) is 4.28. The van der Waals surface area contributed by atoms with Crippen molar-refractivity contribution >= 4 is 34.7 Å². The number of nitrogens with one attached hydrogen (secondary N) is 1. The lowest BCUT2D eigenvalue weighted by molar-refractivity contribution is -0.0746. The number of nitrogens with zero attached hydrogens (tertiary/aromatic N) is 4. The molecular weight excluding hydrogens is 527 g/mol. The predicted molar refractivity (Wildman–Crippen MR) is 143 cm³/mol. The maximum absolute atomic E-state index is 15.1. The van der Waals surface area contributed by atoms with Crippen molar-refractivity contribution in [3.05, 3.63) is 35.0 Å². The number of benzene rings is 1. The van der Waals surface area contributed by atoms with Crippen LogP contribution in [-0.2, 0) is 14.9 Å². The summed E-state index contributed by atoms with van der Waals surface area (Å²) in [6.07, 6.45) is 7.21. The SMILES string of the molecule is COC(=O)NC12CC1(c1nc3c(F)cc(-c4nc(N)ncc4Cl)cc3n1C(C)C)C2.OC1CCC2CCC1O2. The fourth-order valence-corrected chi connectivity index (χ4v) is 6.42. The zero-order chi connectivity index (χ0) is 27.7. The maximum Gasteiger partial charge on any atom is 0.407 e. The summed E-state index contributed by atoms with van der Waals surface area (Å²) in [6, 6.07) is 3.20. The van der Waals surface area contributed by atoms with Gasteiger partial charge in [0.25, 0.3) is 0 Å². The lowest BCUT2D eigenvalue weighted by Crippen LogP contribution is -2.31. The molecule has 4 aliphatic rings. The second kappa shape index (κ2) is 9.28. The Hall–Kier alpha value is -3.02. The number of rotatable bonds is 4. The zero-order valence-electron chi connectivity index (χ0n) is 22.1. The number of imidazole rings is 1. The number of aliphatic hydroxyl groups excluding tert-OH is 1. The van der Waals surface area contributed by atoms with Crippen LogP contribution in [0.2, 0.25) is 5.02 Å². The van der Waals surface area contributed by atoms with E-state index in [0.29, 0.717) is 22.9 Å². The molecular formula is C27H32ClFN6O4. The standard InChI is InChI=1S/C20H20ClFN6O2.C7H12O2/c1-9(2)28-13-5-10(14-11(21)6-24-17(23)26-14)4-12(22)15(13)25-16(28)19-7-20(19,8-19)27-18(29)30-3;8-6-3-1-5-2-4-7(6)9-5/h4-6,9H,7-8H2,1-3H3,(H,27,29)(H2,23,24,26);5-8H,1-4H2. The van der Waals surface area contributed by atoms with Crippen molar-refractivity contribution in [3.8, 4) is 11.3 Å². The van der Waals surface area contributed by atoms with Crippen molar-refractivity contribution < 1.29 is 23.8 Å². The summed E-state index contributed by atoms with van der Waals surface area (Å²) in [5.74, 6) is 0.357. The average molecular weight is 559 g/mol. The third-order valence-corrected chi connectivity index (χ3v) is 8.76. The van der Waals surface area contributed by atoms with Crippen LogP contribution in [0.1, 0.15) is 64.2 Å². The van der Waals surface area contributed by atoms with Crippen molar-refractivity contribution in [1.82, 2.24) is 24.8 Å². The Kier molecular flexibility index (Phi) is 6.24. The molecule has 2 bridgehead atoms. The lowest BCUT2D eigenvalue weighted by Gasteiger charge is -2.24. The van der Waals surface area contributed by atoms with Gasteiger partial charge in [0.1, 0.15) is 11.3 Å². The fourth-order valence-electron chi connectivity index (χ4n) is 6.22. The van der Waals surface area contributed by atoms with E-state index in [1.165, 1.54) is 25.8 Å². The minimum Gasteiger partial charge on any atom is -0.453 e. The van der Waals surface area contributed by atoms with Gasteiger partial charge >= 0.3 is 6.09 Å². The Labute approximate surface area is 230 Å². The quantitative estimate of drug-likeness (QED) is 0.431. The molecule has 3 atom stereocenters. The lowest BCUT2D eigenvalue weighted by atomic mass is 10.1. The number of hydrogen-bond donors (Lipinski definition) is 3. The molecule has 208 valence electrons. The molecule has 3 unspecified atom stereocenters. The molecule has 4 N–H and O–H groups in total. The van der Waals surface area contributed by atoms with E-state index in [2.05, 4.69) is 20.3 Å². The molecule has 4 heterocycles. The minimum absolute atomic E-state index is 0.0250. The summed E-state index contributed by atoms with van der Waals surface area (Å²) in [5.41, 5.74) is 6.84. The van der Waals surface area contributed by atoms with Gasteiger partial charge in [-0.05, 0) is 64.5 Å². The van der Waals surface area contributed by atoms with E-state index in [1.807, 2.05) is 24.5 Å². The number of aromatic nitrogens is 4. The molecule has 0 radical (unpaired) electrons. The Morgan fingerprint density at radius 1 is 1.28 bits per heavy atom. The number of ether oxygens (including phenoxy) is 2. The van der Waals surface area contributed by atoms with Gasteiger partial charge in [-0.25, -0.2) is 24.1 Å². The van der Waals surface area contributed by atoms with Crippen molar-refractivity contribution in [2.45, 2.75) is 87.7 Å². The van der Waals surface area contributed by atoms with E-state index in [0.717, 1.165) is 37.9 Å². The first kappa shape index (κ1) is 26.2. The molecule has 2 saturated heterocycles. The molecule has 0 spiro atoms. The van der Waals surface area contributed by atoms with Crippen molar-refractivity contribution in [2.75, 3.05) is 12.8 Å². The van der Waals surface area contributed by atoms with Crippen LogP contribution < -0.4 is 11.1 Å². The van der Waals surface area contributed by atoms with Crippen molar-refractivity contribution in [3.63, 3.8) is 0 Å². The van der Waals surface area contributed by atoms with Gasteiger partial charge in [0.05, 0.1) is 58.8 Å². The van der Waals surface area contributed by atoms with Crippen LogP contribution in [0.5, 0.6) is 0 Å². The molecule has 12 heteroatoms. The van der Waals surface area contributed by atoms with Gasteiger partial charge in [0, 0.05) is 11.6 Å². The van der Waals surface area contributed by atoms with Crippen molar-refractivity contribution in [2.24, 2.45) is 0 Å². The van der Waals surface area contributed by atoms with E-state index < -0.39 is 11.9 Å². The molecule has 3 aromatic rings. The number of carbonyl (C=O) groups excluding carboxylic acids is 1. The molecule has 2 aliphatic heterocycles. The fraction of sp³-hybridized carbons (Fsp3) is 0.556. The number of nitrogen functional groups attached to an aromatic ring is 1. The number of nitrogens with two attached hydrogens (primary N) is 1. The van der Waals surface area contributed by atoms with Gasteiger partial charge in [-0.15, -0.1) is 0 Å². The number of carbonyl (C=O) groups is 1. The van der Waals surface area contributed by atoms with E-state index in [-0.39, 0.29) is 45.7 Å². The summed E-state index contributed by atoms with van der Waals surface area (Å²) in [4.78, 5) is 24.4. The van der Waals surface area contributed by atoms with Crippen LogP contribution in [0.3, 0.4) is 0 Å². The van der Waals surface area contributed by atoms with Crippen LogP contribution in [0.4, 0.5) is 15.1 Å². The minimum atomic E-state index is -0.472. The van der Waals surface area contributed by atoms with Gasteiger partial charge in [-0.3, -0.25) is 0 Å². The molecule has 39 heavy (non-hydrogen) atoms. The van der Waals surface area contributed by atoms with Crippen LogP contribution >= 0.6 is 11.6 Å². The summed E-state index contributed by atoms with van der Waals surface area (Å²) in [6.45, 7) is 4.03. The highest BCUT2D eigenvalue weighted by molar-refractivity contribution is 6.33. The second-order valence-corrected chi connectivity index (χ2v) is 11.7. The normalized spacial score (nSPS) is 30.0. The maximum atomic E-state index is 15.1. The van der Waals surface area contributed by atoms with Crippen LogP contribution in [0, 0.1) is 5.82 Å². The van der Waals surface area contributed by atoms with Crippen LogP contribution in [0.15, 0.2) is 18.3 Å². The number of amides is 1. The van der Waals surface area contributed by atoms with Crippen molar-refractivity contribution in [1.29, 1.82) is 0 Å². The van der Waals surface area contributed by atoms with E-state index in [9.17, 15) is 9.90 Å². The highest BCUT2D eigenvalue weighted by atomic mass is 35.5. The highest BCUT2D eigenvalue weighted by Crippen LogP contribution is 2.78. The van der Waals surface area contributed by atoms with E-state index in [1.54, 1.807) is 0 Å². The number of aliphatic hydroxyl groups is 1. The van der Waals surface area contributed by atoms with Gasteiger partial charge in [-0.1, -0.05) is 11.6 Å². The van der Waals surface area contributed by atoms with Crippen LogP contribution in [-0.4, -0.2) is 61.7 Å². The molecule has 1 amide bonds. The summed E-state index contributed by atoms with van der Waals surface area (Å²) in [5, 5.41) is 12.5. The van der Waals surface area contributed by atoms with E-state index in [4.69, 9.17) is 26.8 Å². The molecule has 1 aromatic carbocycles. The average Bonchev–Trinajstić information content (AvgIpc) is 3.51. The highest BCUT2D eigenvalue weighted by Gasteiger charge is 2.87.